The molecule has 1 aliphatic heterocycles. The Bertz CT molecular complexity index is 1190. The highest BCUT2D eigenvalue weighted by Crippen LogP contribution is 2.41. The number of fused-ring (bicyclic) bond motifs is 1. The monoisotopic (exact) mass is 476 g/mol. The van der Waals surface area contributed by atoms with Crippen molar-refractivity contribution in [1.82, 2.24) is 14.3 Å². The molecule has 0 spiro atoms. The fraction of sp³-hybridized carbons (Fsp3) is 0.381. The van der Waals surface area contributed by atoms with Gasteiger partial charge in [-0.3, -0.25) is 14.7 Å². The van der Waals surface area contributed by atoms with Gasteiger partial charge in [-0.25, -0.2) is 13.4 Å². The van der Waals surface area contributed by atoms with E-state index in [2.05, 4.69) is 4.98 Å². The van der Waals surface area contributed by atoms with Crippen LogP contribution in [0.15, 0.2) is 36.5 Å². The van der Waals surface area contributed by atoms with Crippen LogP contribution in [0.2, 0.25) is 0 Å². The number of methoxy groups -OCH3 is 2. The lowest BCUT2D eigenvalue weighted by Crippen LogP contribution is -2.47. The number of aromatic nitrogens is 2. The summed E-state index contributed by atoms with van der Waals surface area (Å²) in [6.07, 6.45) is 3.88. The second-order valence-electron chi connectivity index (χ2n) is 7.42. The molecule has 1 fully saturated rings. The van der Waals surface area contributed by atoms with E-state index >= 15 is 0 Å². The van der Waals surface area contributed by atoms with Crippen molar-refractivity contribution < 1.29 is 22.7 Å². The van der Waals surface area contributed by atoms with Gasteiger partial charge in [0.05, 0.1) is 32.7 Å². The highest BCUT2D eigenvalue weighted by atomic mass is 32.2. The van der Waals surface area contributed by atoms with Crippen molar-refractivity contribution in [3.8, 4) is 11.5 Å². The molecular weight excluding hydrogens is 452 g/mol. The molecule has 32 heavy (non-hydrogen) atoms. The summed E-state index contributed by atoms with van der Waals surface area (Å²) in [5.41, 5.74) is 1.25. The van der Waals surface area contributed by atoms with Gasteiger partial charge in [-0.1, -0.05) is 17.4 Å². The standard InChI is InChI=1S/C21H24N4O5S2/c1-29-16-9-10-17(30-2)19-18(16)23-21(31-19)24(13-14-7-4-5-11-22-14)20(26)15-8-6-12-25(15)32(3,27)28/h4-5,7,9-11,15H,6,8,12-13H2,1-3H3. The summed E-state index contributed by atoms with van der Waals surface area (Å²) in [7, 11) is -0.393. The summed E-state index contributed by atoms with van der Waals surface area (Å²) >= 11 is 1.29. The second-order valence-corrected chi connectivity index (χ2v) is 10.3. The van der Waals surface area contributed by atoms with Gasteiger partial charge in [-0.05, 0) is 37.1 Å². The lowest BCUT2D eigenvalue weighted by atomic mass is 10.2. The normalized spacial score (nSPS) is 16.9. The van der Waals surface area contributed by atoms with Crippen molar-refractivity contribution >= 4 is 42.6 Å². The maximum absolute atomic E-state index is 13.7. The fourth-order valence-electron chi connectivity index (χ4n) is 3.85. The van der Waals surface area contributed by atoms with Crippen LogP contribution in [0.25, 0.3) is 10.2 Å². The number of anilines is 1. The number of amides is 1. The van der Waals surface area contributed by atoms with Crippen molar-refractivity contribution in [1.29, 1.82) is 0 Å². The first kappa shape index (κ1) is 22.4. The number of hydrogen-bond acceptors (Lipinski definition) is 8. The number of benzene rings is 1. The zero-order valence-corrected chi connectivity index (χ0v) is 19.6. The number of ether oxygens (including phenoxy) is 2. The van der Waals surface area contributed by atoms with Crippen LogP contribution in [0.1, 0.15) is 18.5 Å². The summed E-state index contributed by atoms with van der Waals surface area (Å²) in [4.78, 5) is 24.2. The molecule has 1 atom stereocenters. The number of pyridine rings is 1. The van der Waals surface area contributed by atoms with E-state index in [1.165, 1.54) is 20.5 Å². The number of thiazole rings is 1. The molecule has 1 unspecified atom stereocenters. The third-order valence-electron chi connectivity index (χ3n) is 5.36. The van der Waals surface area contributed by atoms with Crippen LogP contribution < -0.4 is 14.4 Å². The third-order valence-corrected chi connectivity index (χ3v) is 7.74. The van der Waals surface area contributed by atoms with Crippen LogP contribution in [0, 0.1) is 0 Å². The topological polar surface area (TPSA) is 102 Å². The van der Waals surface area contributed by atoms with Crippen molar-refractivity contribution in [3.63, 3.8) is 0 Å². The molecule has 3 aromatic rings. The molecule has 1 aliphatic rings. The van der Waals surface area contributed by atoms with E-state index < -0.39 is 16.1 Å². The predicted molar refractivity (Wildman–Crippen MR) is 123 cm³/mol. The molecule has 170 valence electrons. The van der Waals surface area contributed by atoms with Gasteiger partial charge in [-0.2, -0.15) is 4.31 Å². The lowest BCUT2D eigenvalue weighted by Gasteiger charge is -2.27. The summed E-state index contributed by atoms with van der Waals surface area (Å²) < 4.78 is 37.5. The van der Waals surface area contributed by atoms with Crippen LogP contribution in [-0.4, -0.2) is 61.7 Å². The van der Waals surface area contributed by atoms with Crippen molar-refractivity contribution in [2.24, 2.45) is 0 Å². The van der Waals surface area contributed by atoms with E-state index in [0.717, 1.165) is 11.0 Å². The Morgan fingerprint density at radius 2 is 1.97 bits per heavy atom. The number of hydrogen-bond donors (Lipinski definition) is 0. The molecule has 0 bridgehead atoms. The molecule has 0 aliphatic carbocycles. The van der Waals surface area contributed by atoms with Crippen LogP contribution in [0.4, 0.5) is 5.13 Å². The molecule has 11 heteroatoms. The van der Waals surface area contributed by atoms with E-state index in [1.54, 1.807) is 38.6 Å². The summed E-state index contributed by atoms with van der Waals surface area (Å²) in [6.45, 7) is 0.492. The Balaban J connectivity index is 1.80. The van der Waals surface area contributed by atoms with E-state index in [-0.39, 0.29) is 12.5 Å². The Morgan fingerprint density at radius 3 is 2.62 bits per heavy atom. The molecule has 9 nitrogen and oxygen atoms in total. The van der Waals surface area contributed by atoms with Gasteiger partial charge in [0.15, 0.2) is 5.13 Å². The van der Waals surface area contributed by atoms with E-state index in [4.69, 9.17) is 14.5 Å². The molecule has 1 amide bonds. The highest BCUT2D eigenvalue weighted by molar-refractivity contribution is 7.88. The van der Waals surface area contributed by atoms with Gasteiger partial charge in [0.2, 0.25) is 15.9 Å². The van der Waals surface area contributed by atoms with Crippen molar-refractivity contribution in [2.75, 3.05) is 31.9 Å². The van der Waals surface area contributed by atoms with E-state index in [0.29, 0.717) is 47.2 Å². The molecule has 2 aromatic heterocycles. The Kier molecular flexibility index (Phi) is 6.31. The predicted octanol–water partition coefficient (Wildman–Crippen LogP) is 2.67. The van der Waals surface area contributed by atoms with Crippen molar-refractivity contribution in [3.05, 3.63) is 42.2 Å². The SMILES string of the molecule is COc1ccc(OC)c2sc(N(Cc3ccccn3)C(=O)C3CCCN3S(C)(=O)=O)nc12. The summed E-state index contributed by atoms with van der Waals surface area (Å²) in [6, 6.07) is 8.23. The molecule has 4 rings (SSSR count). The maximum Gasteiger partial charge on any atom is 0.247 e. The molecule has 0 saturated carbocycles. The highest BCUT2D eigenvalue weighted by Gasteiger charge is 2.40. The summed E-state index contributed by atoms with van der Waals surface area (Å²) in [5.74, 6) is 0.858. The lowest BCUT2D eigenvalue weighted by molar-refractivity contribution is -0.121. The largest absolute Gasteiger partial charge is 0.495 e. The minimum Gasteiger partial charge on any atom is -0.495 e. The average Bonchev–Trinajstić information content (AvgIpc) is 3.44. The zero-order chi connectivity index (χ0) is 22.9. The third kappa shape index (κ3) is 4.27. The number of sulfonamides is 1. The fourth-order valence-corrected chi connectivity index (χ4v) is 6.04. The minimum atomic E-state index is -3.52. The molecule has 3 heterocycles. The maximum atomic E-state index is 13.7. The molecule has 0 radical (unpaired) electrons. The van der Waals surface area contributed by atoms with Crippen molar-refractivity contribution in [2.45, 2.75) is 25.4 Å². The smallest absolute Gasteiger partial charge is 0.247 e. The van der Waals surface area contributed by atoms with Gasteiger partial charge in [0, 0.05) is 12.7 Å². The Hall–Kier alpha value is -2.76. The Morgan fingerprint density at radius 1 is 1.22 bits per heavy atom. The van der Waals surface area contributed by atoms with Gasteiger partial charge in [-0.15, -0.1) is 0 Å². The first-order valence-corrected chi connectivity index (χ1v) is 12.7. The van der Waals surface area contributed by atoms with Gasteiger partial charge < -0.3 is 9.47 Å². The van der Waals surface area contributed by atoms with Crippen LogP contribution >= 0.6 is 11.3 Å². The van der Waals surface area contributed by atoms with Gasteiger partial charge in [0.25, 0.3) is 0 Å². The first-order chi connectivity index (χ1) is 15.3. The van der Waals surface area contributed by atoms with E-state index in [1.807, 2.05) is 12.1 Å². The number of rotatable bonds is 7. The molecule has 1 aromatic carbocycles. The average molecular weight is 477 g/mol. The quantitative estimate of drug-likeness (QED) is 0.517. The zero-order valence-electron chi connectivity index (χ0n) is 18.0. The number of carbonyl (C=O) groups excluding carboxylic acids is 1. The molecule has 1 saturated heterocycles. The Labute approximate surface area is 190 Å². The summed E-state index contributed by atoms with van der Waals surface area (Å²) in [5, 5.41) is 0.429. The minimum absolute atomic E-state index is 0.165. The van der Waals surface area contributed by atoms with E-state index in [9.17, 15) is 13.2 Å². The van der Waals surface area contributed by atoms with Crippen LogP contribution in [-0.2, 0) is 21.4 Å². The van der Waals surface area contributed by atoms with Gasteiger partial charge >= 0.3 is 0 Å². The first-order valence-electron chi connectivity index (χ1n) is 10.0. The van der Waals surface area contributed by atoms with Gasteiger partial charge in [0.1, 0.15) is 27.8 Å². The van der Waals surface area contributed by atoms with Crippen LogP contribution in [0.3, 0.4) is 0 Å². The second kappa shape index (κ2) is 9.00. The number of nitrogens with zero attached hydrogens (tertiary/aromatic N) is 4. The molecular formula is C21H24N4O5S2. The molecule has 0 N–H and O–H groups in total. The number of carbonyl (C=O) groups is 1. The van der Waals surface area contributed by atoms with Crippen LogP contribution in [0.5, 0.6) is 11.5 Å².